The Morgan fingerprint density at radius 1 is 0.730 bits per heavy atom. The fourth-order valence-electron chi connectivity index (χ4n) is 3.05. The number of phenols is 1. The molecule has 0 saturated heterocycles. The topological polar surface area (TPSA) is 266 Å². The second-order valence-electron chi connectivity index (χ2n) is 8.05. The van der Waals surface area contributed by atoms with Crippen molar-refractivity contribution in [2.75, 3.05) is 6.61 Å². The quantitative estimate of drug-likeness (QED) is 0.108. The summed E-state index contributed by atoms with van der Waals surface area (Å²) >= 11 is 0. The van der Waals surface area contributed by atoms with Gasteiger partial charge in [-0.1, -0.05) is 12.1 Å². The van der Waals surface area contributed by atoms with Gasteiger partial charge in [-0.2, -0.15) is 0 Å². The molecule has 0 saturated carbocycles. The number of rotatable bonds is 16. The number of aromatic hydroxyl groups is 1. The molecule has 3 amide bonds. The van der Waals surface area contributed by atoms with Gasteiger partial charge in [-0.05, 0) is 30.5 Å². The van der Waals surface area contributed by atoms with Crippen molar-refractivity contribution in [2.24, 2.45) is 5.73 Å². The molecular formula is C22H30N4O11. The highest BCUT2D eigenvalue weighted by molar-refractivity contribution is 5.94. The van der Waals surface area contributed by atoms with Crippen LogP contribution in [0.25, 0.3) is 0 Å². The van der Waals surface area contributed by atoms with Crippen molar-refractivity contribution in [1.82, 2.24) is 16.0 Å². The van der Waals surface area contributed by atoms with Crippen LogP contribution in [-0.2, 0) is 35.2 Å². The predicted molar refractivity (Wildman–Crippen MR) is 124 cm³/mol. The number of aliphatic hydroxyl groups is 1. The summed E-state index contributed by atoms with van der Waals surface area (Å²) < 4.78 is 0. The fraction of sp³-hybridized carbons (Fsp3) is 0.455. The zero-order valence-electron chi connectivity index (χ0n) is 19.6. The molecule has 4 unspecified atom stereocenters. The molecule has 0 radical (unpaired) electrons. The number of phenolic OH excluding ortho intramolecular Hbond substituents is 1. The van der Waals surface area contributed by atoms with Gasteiger partial charge < -0.3 is 47.2 Å². The summed E-state index contributed by atoms with van der Waals surface area (Å²) in [6.07, 6.45) is -2.23. The zero-order valence-corrected chi connectivity index (χ0v) is 19.6. The number of aliphatic carboxylic acids is 3. The van der Waals surface area contributed by atoms with Gasteiger partial charge in [-0.3, -0.25) is 24.0 Å². The summed E-state index contributed by atoms with van der Waals surface area (Å²) in [5, 5.41) is 52.3. The molecule has 0 heterocycles. The summed E-state index contributed by atoms with van der Waals surface area (Å²) in [5.41, 5.74) is 5.96. The maximum absolute atomic E-state index is 13.1. The molecule has 15 nitrogen and oxygen atoms in total. The lowest BCUT2D eigenvalue weighted by Gasteiger charge is -2.25. The van der Waals surface area contributed by atoms with Crippen LogP contribution in [0.15, 0.2) is 24.3 Å². The molecule has 0 spiro atoms. The van der Waals surface area contributed by atoms with Gasteiger partial charge in [0, 0.05) is 19.3 Å². The van der Waals surface area contributed by atoms with Crippen LogP contribution in [0.3, 0.4) is 0 Å². The lowest BCUT2D eigenvalue weighted by molar-refractivity contribution is -0.144. The highest BCUT2D eigenvalue weighted by atomic mass is 16.4. The minimum absolute atomic E-state index is 0.0580. The summed E-state index contributed by atoms with van der Waals surface area (Å²) in [7, 11) is 0. The molecule has 0 aliphatic rings. The predicted octanol–water partition coefficient (Wildman–Crippen LogP) is -2.48. The normalized spacial score (nSPS) is 13.9. The monoisotopic (exact) mass is 526 g/mol. The first-order valence-electron chi connectivity index (χ1n) is 11.1. The number of carboxylic acids is 3. The molecule has 15 heteroatoms. The number of aliphatic hydroxyl groups excluding tert-OH is 1. The summed E-state index contributed by atoms with van der Waals surface area (Å²) in [5.74, 6) is -7.12. The number of hydrogen-bond donors (Lipinski definition) is 9. The van der Waals surface area contributed by atoms with E-state index in [9.17, 15) is 39.0 Å². The lowest BCUT2D eigenvalue weighted by Crippen LogP contribution is -2.58. The van der Waals surface area contributed by atoms with E-state index in [2.05, 4.69) is 16.0 Å². The summed E-state index contributed by atoms with van der Waals surface area (Å²) in [6, 6.07) is -0.326. The molecule has 0 aromatic heterocycles. The van der Waals surface area contributed by atoms with E-state index in [0.29, 0.717) is 5.56 Å². The fourth-order valence-corrected chi connectivity index (χ4v) is 3.05. The van der Waals surface area contributed by atoms with E-state index in [4.69, 9.17) is 21.1 Å². The molecule has 4 atom stereocenters. The van der Waals surface area contributed by atoms with Gasteiger partial charge in [0.05, 0.1) is 6.61 Å². The first-order chi connectivity index (χ1) is 17.3. The third-order valence-corrected chi connectivity index (χ3v) is 5.08. The molecule has 10 N–H and O–H groups in total. The smallest absolute Gasteiger partial charge is 0.326 e. The minimum atomic E-state index is -1.62. The van der Waals surface area contributed by atoms with Crippen molar-refractivity contribution in [3.8, 4) is 5.75 Å². The standard InChI is InChI=1S/C22H30N4O11/c23-13(10-27)19(33)26-16(9-11-1-3-12(28)4-2-11)21(35)24-14(5-7-17(29)30)20(34)25-15(22(36)37)6-8-18(31)32/h1-4,13-16,27-28H,5-10,23H2,(H,24,35)(H,25,34)(H,26,33)(H,29,30)(H,31,32)(H,36,37). The molecule has 1 rings (SSSR count). The number of nitrogens with one attached hydrogen (secondary N) is 3. The Hall–Kier alpha value is -4.24. The summed E-state index contributed by atoms with van der Waals surface area (Å²) in [4.78, 5) is 71.3. The molecule has 1 aromatic carbocycles. The SMILES string of the molecule is NC(CO)C(=O)NC(Cc1ccc(O)cc1)C(=O)NC(CCC(=O)O)C(=O)NC(CCC(=O)O)C(=O)O. The zero-order chi connectivity index (χ0) is 28.1. The van der Waals surface area contributed by atoms with Crippen molar-refractivity contribution in [3.05, 3.63) is 29.8 Å². The van der Waals surface area contributed by atoms with Gasteiger partial charge in [0.2, 0.25) is 17.7 Å². The number of amides is 3. The van der Waals surface area contributed by atoms with Crippen LogP contribution in [0.1, 0.15) is 31.2 Å². The number of hydrogen-bond acceptors (Lipinski definition) is 9. The highest BCUT2D eigenvalue weighted by Gasteiger charge is 2.31. The van der Waals surface area contributed by atoms with E-state index >= 15 is 0 Å². The van der Waals surface area contributed by atoms with Crippen molar-refractivity contribution in [3.63, 3.8) is 0 Å². The van der Waals surface area contributed by atoms with E-state index in [1.54, 1.807) is 0 Å². The largest absolute Gasteiger partial charge is 0.508 e. The Kier molecular flexibility index (Phi) is 12.5. The number of benzene rings is 1. The van der Waals surface area contributed by atoms with Crippen LogP contribution < -0.4 is 21.7 Å². The Morgan fingerprint density at radius 3 is 1.68 bits per heavy atom. The molecule has 0 aliphatic heterocycles. The van der Waals surface area contributed by atoms with Gasteiger partial charge in [0.1, 0.15) is 29.9 Å². The van der Waals surface area contributed by atoms with Gasteiger partial charge in [-0.25, -0.2) is 4.79 Å². The Morgan fingerprint density at radius 2 is 1.19 bits per heavy atom. The molecule has 0 aliphatic carbocycles. The van der Waals surface area contributed by atoms with E-state index in [-0.39, 0.29) is 12.2 Å². The summed E-state index contributed by atoms with van der Waals surface area (Å²) in [6.45, 7) is -0.726. The number of nitrogens with two attached hydrogens (primary N) is 1. The first-order valence-corrected chi connectivity index (χ1v) is 11.1. The average Bonchev–Trinajstić information content (AvgIpc) is 2.83. The van der Waals surface area contributed by atoms with Gasteiger partial charge in [0.15, 0.2) is 0 Å². The second kappa shape index (κ2) is 15.0. The van der Waals surface area contributed by atoms with Gasteiger partial charge >= 0.3 is 17.9 Å². The molecule has 0 bridgehead atoms. The lowest BCUT2D eigenvalue weighted by atomic mass is 10.0. The third-order valence-electron chi connectivity index (χ3n) is 5.08. The second-order valence-corrected chi connectivity index (χ2v) is 8.05. The number of carboxylic acid groups (broad SMARTS) is 3. The Balaban J connectivity index is 3.13. The maximum Gasteiger partial charge on any atom is 0.326 e. The Labute approximate surface area is 210 Å². The van der Waals surface area contributed by atoms with Crippen LogP contribution >= 0.6 is 0 Å². The number of carbonyl (C=O) groups is 6. The maximum atomic E-state index is 13.1. The van der Waals surface area contributed by atoms with E-state index in [0.717, 1.165) is 0 Å². The third kappa shape index (κ3) is 11.4. The van der Waals surface area contributed by atoms with Crippen LogP contribution in [0, 0.1) is 0 Å². The molecule has 37 heavy (non-hydrogen) atoms. The van der Waals surface area contributed by atoms with E-state index in [1.807, 2.05) is 0 Å². The molecular weight excluding hydrogens is 496 g/mol. The molecule has 204 valence electrons. The van der Waals surface area contributed by atoms with Crippen molar-refractivity contribution in [2.45, 2.75) is 56.3 Å². The average molecular weight is 526 g/mol. The highest BCUT2D eigenvalue weighted by Crippen LogP contribution is 2.12. The van der Waals surface area contributed by atoms with Crippen LogP contribution in [-0.4, -0.2) is 91.9 Å². The van der Waals surface area contributed by atoms with Crippen molar-refractivity contribution < 1.29 is 54.3 Å². The van der Waals surface area contributed by atoms with E-state index in [1.165, 1.54) is 24.3 Å². The van der Waals surface area contributed by atoms with Gasteiger partial charge in [-0.15, -0.1) is 0 Å². The van der Waals surface area contributed by atoms with Crippen LogP contribution in [0.2, 0.25) is 0 Å². The van der Waals surface area contributed by atoms with Crippen molar-refractivity contribution in [1.29, 1.82) is 0 Å². The van der Waals surface area contributed by atoms with E-state index < -0.39 is 92.1 Å². The molecule has 1 aromatic rings. The Bertz CT molecular complexity index is 983. The van der Waals surface area contributed by atoms with Crippen molar-refractivity contribution >= 4 is 35.6 Å². The van der Waals surface area contributed by atoms with Crippen LogP contribution in [0.4, 0.5) is 0 Å². The van der Waals surface area contributed by atoms with Crippen LogP contribution in [0.5, 0.6) is 5.75 Å². The minimum Gasteiger partial charge on any atom is -0.508 e. The first kappa shape index (κ1) is 30.8. The number of carbonyl (C=O) groups excluding carboxylic acids is 3. The molecule has 0 fully saturated rings. The van der Waals surface area contributed by atoms with Gasteiger partial charge in [0.25, 0.3) is 0 Å².